The van der Waals surface area contributed by atoms with Gasteiger partial charge in [0.05, 0.1) is 12.2 Å². The lowest BCUT2D eigenvalue weighted by Gasteiger charge is -2.10. The molecule has 2 N–H and O–H groups in total. The largest absolute Gasteiger partial charge is 0.491 e. The number of amides is 1. The Kier molecular flexibility index (Phi) is 5.71. The zero-order valence-corrected chi connectivity index (χ0v) is 16.1. The lowest BCUT2D eigenvalue weighted by molar-refractivity contribution is -0.137. The molecule has 0 saturated heterocycles. The van der Waals surface area contributed by atoms with Gasteiger partial charge in [-0.3, -0.25) is 4.79 Å². The number of rotatable bonds is 5. The van der Waals surface area contributed by atoms with Crippen LogP contribution < -0.4 is 15.5 Å². The third-order valence-electron chi connectivity index (χ3n) is 4.86. The smallest absolute Gasteiger partial charge is 0.457 e. The third-order valence-corrected chi connectivity index (χ3v) is 4.86. The van der Waals surface area contributed by atoms with Crippen molar-refractivity contribution in [2.45, 2.75) is 19.3 Å². The highest BCUT2D eigenvalue weighted by atomic mass is 19.4. The molecular formula is C22H17BF3NO4. The number of nitrogens with one attached hydrogen (secondary N) is 1. The fourth-order valence-corrected chi connectivity index (χ4v) is 3.18. The van der Waals surface area contributed by atoms with Crippen LogP contribution >= 0.6 is 0 Å². The molecule has 0 aromatic heterocycles. The van der Waals surface area contributed by atoms with Gasteiger partial charge in [-0.1, -0.05) is 18.2 Å². The summed E-state index contributed by atoms with van der Waals surface area (Å²) >= 11 is 0. The first-order chi connectivity index (χ1) is 14.8. The van der Waals surface area contributed by atoms with Gasteiger partial charge in [-0.2, -0.15) is 13.2 Å². The van der Waals surface area contributed by atoms with Crippen LogP contribution in [0.3, 0.4) is 0 Å². The molecule has 0 spiro atoms. The maximum Gasteiger partial charge on any atom is 0.491 e. The Hall–Kier alpha value is -3.30. The van der Waals surface area contributed by atoms with E-state index in [4.69, 9.17) is 9.39 Å². The summed E-state index contributed by atoms with van der Waals surface area (Å²) in [4.78, 5) is 12.2. The summed E-state index contributed by atoms with van der Waals surface area (Å²) in [5.74, 6) is 0.744. The Morgan fingerprint density at radius 2 is 1.71 bits per heavy atom. The number of ether oxygens (including phenoxy) is 1. The normalized spacial score (nSPS) is 13.1. The fraction of sp³-hybridized carbons (Fsp3) is 0.136. The maximum atomic E-state index is 12.6. The van der Waals surface area contributed by atoms with Crippen LogP contribution in [0.5, 0.6) is 11.5 Å². The number of carbonyl (C=O) groups excluding carboxylic acids is 1. The molecular weight excluding hydrogens is 410 g/mol. The van der Waals surface area contributed by atoms with Crippen molar-refractivity contribution in [1.29, 1.82) is 0 Å². The molecule has 1 aliphatic rings. The lowest BCUT2D eigenvalue weighted by Crippen LogP contribution is -2.27. The second-order valence-corrected chi connectivity index (χ2v) is 7.03. The van der Waals surface area contributed by atoms with Crippen molar-refractivity contribution in [1.82, 2.24) is 5.32 Å². The number of halogens is 3. The molecule has 158 valence electrons. The molecule has 31 heavy (non-hydrogen) atoms. The number of fused-ring (bicyclic) bond motifs is 1. The van der Waals surface area contributed by atoms with Crippen molar-refractivity contribution >= 4 is 18.5 Å². The van der Waals surface area contributed by atoms with E-state index in [1.807, 2.05) is 6.07 Å². The van der Waals surface area contributed by atoms with Crippen molar-refractivity contribution in [3.05, 3.63) is 89.0 Å². The summed E-state index contributed by atoms with van der Waals surface area (Å²) in [6.45, 7) is 0.541. The zero-order valence-electron chi connectivity index (χ0n) is 16.1. The van der Waals surface area contributed by atoms with E-state index in [0.29, 0.717) is 18.1 Å². The first-order valence-corrected chi connectivity index (χ1v) is 9.44. The minimum absolute atomic E-state index is 0.152. The Balaban J connectivity index is 1.33. The summed E-state index contributed by atoms with van der Waals surface area (Å²) < 4.78 is 48.8. The van der Waals surface area contributed by atoms with Crippen LogP contribution in [0.15, 0.2) is 66.7 Å². The molecule has 0 fully saturated rings. The summed E-state index contributed by atoms with van der Waals surface area (Å²) in [7, 11) is -0.902. The number of alkyl halides is 3. The van der Waals surface area contributed by atoms with Crippen molar-refractivity contribution in [3.63, 3.8) is 0 Å². The van der Waals surface area contributed by atoms with Crippen LogP contribution in [0.4, 0.5) is 13.2 Å². The molecule has 0 unspecified atom stereocenters. The van der Waals surface area contributed by atoms with Gasteiger partial charge in [-0.15, -0.1) is 0 Å². The lowest BCUT2D eigenvalue weighted by atomic mass is 9.80. The predicted molar refractivity (Wildman–Crippen MR) is 108 cm³/mol. The van der Waals surface area contributed by atoms with E-state index < -0.39 is 24.8 Å². The Bertz CT molecular complexity index is 1090. The van der Waals surface area contributed by atoms with Crippen LogP contribution in [0.2, 0.25) is 0 Å². The van der Waals surface area contributed by atoms with Gasteiger partial charge < -0.3 is 19.7 Å². The molecule has 1 aliphatic heterocycles. The second kappa shape index (κ2) is 8.45. The number of hydrogen-bond donors (Lipinski definition) is 2. The van der Waals surface area contributed by atoms with Crippen molar-refractivity contribution in [2.75, 3.05) is 0 Å². The van der Waals surface area contributed by atoms with Crippen LogP contribution in [0, 0.1) is 0 Å². The van der Waals surface area contributed by atoms with Crippen molar-refractivity contribution < 1.29 is 32.4 Å². The number of benzene rings is 3. The van der Waals surface area contributed by atoms with Crippen molar-refractivity contribution in [2.24, 2.45) is 0 Å². The third kappa shape index (κ3) is 4.89. The Morgan fingerprint density at radius 1 is 1.03 bits per heavy atom. The molecule has 5 nitrogen and oxygen atoms in total. The van der Waals surface area contributed by atoms with Crippen LogP contribution in [0.1, 0.15) is 27.0 Å². The minimum atomic E-state index is -4.44. The van der Waals surface area contributed by atoms with Gasteiger partial charge in [0, 0.05) is 12.1 Å². The van der Waals surface area contributed by atoms with Crippen molar-refractivity contribution in [3.8, 4) is 11.5 Å². The first-order valence-electron chi connectivity index (χ1n) is 9.44. The molecule has 0 bridgehead atoms. The molecule has 9 heteroatoms. The van der Waals surface area contributed by atoms with Crippen LogP contribution in [-0.4, -0.2) is 18.0 Å². The van der Waals surface area contributed by atoms with Crippen LogP contribution in [0.25, 0.3) is 0 Å². The minimum Gasteiger partial charge on any atom is -0.457 e. The predicted octanol–water partition coefficient (Wildman–Crippen LogP) is 3.65. The van der Waals surface area contributed by atoms with Gasteiger partial charge in [-0.05, 0) is 65.1 Å². The van der Waals surface area contributed by atoms with Gasteiger partial charge in [-0.25, -0.2) is 0 Å². The summed E-state index contributed by atoms with van der Waals surface area (Å²) in [6, 6.07) is 16.4. The quantitative estimate of drug-likeness (QED) is 0.611. The highest BCUT2D eigenvalue weighted by Crippen LogP contribution is 2.29. The van der Waals surface area contributed by atoms with E-state index in [9.17, 15) is 23.0 Å². The highest BCUT2D eigenvalue weighted by molar-refractivity contribution is 6.61. The van der Waals surface area contributed by atoms with Gasteiger partial charge in [0.2, 0.25) is 0 Å². The number of carbonyl (C=O) groups is 1. The SMILES string of the molecule is O=C(NCc1ccc(Oc2ccc3c(c2)COB3O)cc1)c1ccc(C(F)(F)F)cc1. The maximum absolute atomic E-state index is 12.6. The molecule has 0 radical (unpaired) electrons. The Morgan fingerprint density at radius 3 is 2.39 bits per heavy atom. The molecule has 0 aliphatic carbocycles. The van der Waals surface area contributed by atoms with Gasteiger partial charge in [0.25, 0.3) is 5.91 Å². The molecule has 1 heterocycles. The Labute approximate surface area is 176 Å². The molecule has 3 aromatic rings. The average Bonchev–Trinajstić information content (AvgIpc) is 3.12. The average molecular weight is 427 g/mol. The van der Waals surface area contributed by atoms with E-state index in [1.54, 1.807) is 36.4 Å². The van der Waals surface area contributed by atoms with E-state index >= 15 is 0 Å². The van der Waals surface area contributed by atoms with Gasteiger partial charge in [0.1, 0.15) is 11.5 Å². The monoisotopic (exact) mass is 427 g/mol. The van der Waals surface area contributed by atoms with E-state index in [-0.39, 0.29) is 12.1 Å². The second-order valence-electron chi connectivity index (χ2n) is 7.03. The highest BCUT2D eigenvalue weighted by Gasteiger charge is 2.30. The topological polar surface area (TPSA) is 67.8 Å². The molecule has 0 atom stereocenters. The molecule has 3 aromatic carbocycles. The standard InChI is InChI=1S/C22H17BF3NO4/c24-22(25,26)17-5-3-15(4-6-17)21(28)27-12-14-1-7-18(8-2-14)31-19-9-10-20-16(11-19)13-30-23(20)29/h1-11,29H,12-13H2,(H,27,28). The van der Waals surface area contributed by atoms with E-state index in [1.165, 1.54) is 0 Å². The molecule has 4 rings (SSSR count). The zero-order chi connectivity index (χ0) is 22.0. The summed E-state index contributed by atoms with van der Waals surface area (Å²) in [6.07, 6.45) is -4.44. The summed E-state index contributed by atoms with van der Waals surface area (Å²) in [5, 5.41) is 12.3. The number of hydrogen-bond acceptors (Lipinski definition) is 4. The van der Waals surface area contributed by atoms with Gasteiger partial charge >= 0.3 is 13.3 Å². The summed E-state index contributed by atoms with van der Waals surface area (Å²) in [5.41, 5.74) is 1.75. The van der Waals surface area contributed by atoms with Gasteiger partial charge in [0.15, 0.2) is 0 Å². The molecule has 1 amide bonds. The van der Waals surface area contributed by atoms with E-state index in [2.05, 4.69) is 5.32 Å². The fourth-order valence-electron chi connectivity index (χ4n) is 3.18. The van der Waals surface area contributed by atoms with Crippen LogP contribution in [-0.2, 0) is 24.0 Å². The van der Waals surface area contributed by atoms with E-state index in [0.717, 1.165) is 40.9 Å². The molecule has 0 saturated carbocycles. The first kappa shape index (κ1) is 21.0.